The summed E-state index contributed by atoms with van der Waals surface area (Å²) in [5.41, 5.74) is 3.53. The normalized spacial score (nSPS) is 14.8. The van der Waals surface area contributed by atoms with Crippen LogP contribution in [0.25, 0.3) is 0 Å². The number of nitrogens with one attached hydrogen (secondary N) is 2. The predicted molar refractivity (Wildman–Crippen MR) is 127 cm³/mol. The first kappa shape index (κ1) is 23.5. The number of aryl methyl sites for hydroxylation is 2. The summed E-state index contributed by atoms with van der Waals surface area (Å²) in [4.78, 5) is 4.80. The Morgan fingerprint density at radius 1 is 1.17 bits per heavy atom. The molecule has 0 atom stereocenters. The Morgan fingerprint density at radius 3 is 2.55 bits per heavy atom. The van der Waals surface area contributed by atoms with Gasteiger partial charge in [-0.1, -0.05) is 37.2 Å². The molecule has 1 aliphatic rings. The Bertz CT molecular complexity index is 793. The minimum atomic E-state index is 0. The topological polar surface area (TPSA) is 71.7 Å². The standard InChI is InChI=1S/C22H32N4O2.HI/c1-5-18-16(19(6-2)28-26-18)14-24-21(23-7-3)25-15-22(12-13-22)17-10-8-9-11-20(17)27-4;/h8-11H,5-7,12-15H2,1-4H3,(H2,23,24,25);1H. The van der Waals surface area contributed by atoms with E-state index in [9.17, 15) is 0 Å². The van der Waals surface area contributed by atoms with E-state index in [2.05, 4.69) is 48.7 Å². The lowest BCUT2D eigenvalue weighted by atomic mass is 9.95. The number of hydrogen-bond acceptors (Lipinski definition) is 4. The summed E-state index contributed by atoms with van der Waals surface area (Å²) < 4.78 is 11.0. The summed E-state index contributed by atoms with van der Waals surface area (Å²) >= 11 is 0. The summed E-state index contributed by atoms with van der Waals surface area (Å²) in [5, 5.41) is 11.1. The second-order valence-electron chi connectivity index (χ2n) is 7.27. The number of aromatic nitrogens is 1. The van der Waals surface area contributed by atoms with Crippen LogP contribution in [0.1, 0.15) is 56.2 Å². The number of hydrogen-bond donors (Lipinski definition) is 2. The Balaban J connectivity index is 0.00000300. The first-order valence-corrected chi connectivity index (χ1v) is 10.3. The fourth-order valence-electron chi connectivity index (χ4n) is 3.64. The van der Waals surface area contributed by atoms with E-state index in [1.165, 1.54) is 5.56 Å². The van der Waals surface area contributed by atoms with E-state index in [-0.39, 0.29) is 29.4 Å². The molecule has 0 unspecified atom stereocenters. The van der Waals surface area contributed by atoms with Gasteiger partial charge < -0.3 is 19.9 Å². The van der Waals surface area contributed by atoms with Crippen molar-refractivity contribution in [2.24, 2.45) is 4.99 Å². The molecule has 3 rings (SSSR count). The Labute approximate surface area is 190 Å². The van der Waals surface area contributed by atoms with Crippen LogP contribution < -0.4 is 15.4 Å². The number of para-hydroxylation sites is 1. The summed E-state index contributed by atoms with van der Waals surface area (Å²) in [6.45, 7) is 8.49. The number of halogens is 1. The van der Waals surface area contributed by atoms with Crippen molar-refractivity contribution in [3.63, 3.8) is 0 Å². The highest BCUT2D eigenvalue weighted by atomic mass is 127. The van der Waals surface area contributed by atoms with Gasteiger partial charge in [-0.15, -0.1) is 24.0 Å². The molecule has 0 aliphatic heterocycles. The molecule has 7 heteroatoms. The fraction of sp³-hybridized carbons (Fsp3) is 0.545. The molecule has 1 heterocycles. The van der Waals surface area contributed by atoms with Gasteiger partial charge in [-0.25, -0.2) is 4.99 Å². The van der Waals surface area contributed by atoms with Gasteiger partial charge in [0.2, 0.25) is 0 Å². The van der Waals surface area contributed by atoms with Gasteiger partial charge in [0.1, 0.15) is 11.5 Å². The molecule has 0 bridgehead atoms. The molecule has 0 spiro atoms. The molecule has 1 aromatic heterocycles. The van der Waals surface area contributed by atoms with Gasteiger partial charge in [-0.3, -0.25) is 0 Å². The summed E-state index contributed by atoms with van der Waals surface area (Å²) in [7, 11) is 1.74. The van der Waals surface area contributed by atoms with Crippen molar-refractivity contribution in [1.82, 2.24) is 15.8 Å². The second kappa shape index (κ2) is 10.8. The monoisotopic (exact) mass is 512 g/mol. The lowest BCUT2D eigenvalue weighted by Crippen LogP contribution is -2.41. The van der Waals surface area contributed by atoms with Gasteiger partial charge in [0, 0.05) is 36.1 Å². The van der Waals surface area contributed by atoms with Crippen LogP contribution in [-0.4, -0.2) is 31.3 Å². The van der Waals surface area contributed by atoms with Crippen molar-refractivity contribution < 1.29 is 9.26 Å². The van der Waals surface area contributed by atoms with Gasteiger partial charge in [0.05, 0.1) is 19.3 Å². The minimum absolute atomic E-state index is 0. The Hall–Kier alpha value is -1.77. The number of guanidine groups is 1. The third-order valence-electron chi connectivity index (χ3n) is 5.47. The molecular formula is C22H33IN4O2. The zero-order valence-electron chi connectivity index (χ0n) is 17.9. The molecule has 1 aromatic carbocycles. The summed E-state index contributed by atoms with van der Waals surface area (Å²) in [5.74, 6) is 2.73. The quantitative estimate of drug-likeness (QED) is 0.299. The number of aliphatic imine (C=N–C) groups is 1. The number of ether oxygens (including phenoxy) is 1. The van der Waals surface area contributed by atoms with E-state index in [0.29, 0.717) is 6.54 Å². The lowest BCUT2D eigenvalue weighted by Gasteiger charge is -2.21. The molecule has 2 N–H and O–H groups in total. The molecule has 160 valence electrons. The van der Waals surface area contributed by atoms with Crippen molar-refractivity contribution in [3.05, 3.63) is 46.8 Å². The van der Waals surface area contributed by atoms with E-state index in [1.807, 2.05) is 12.1 Å². The zero-order valence-corrected chi connectivity index (χ0v) is 20.2. The summed E-state index contributed by atoms with van der Waals surface area (Å²) in [6.07, 6.45) is 4.00. The maximum atomic E-state index is 5.58. The lowest BCUT2D eigenvalue weighted by molar-refractivity contribution is 0.380. The average molecular weight is 512 g/mol. The average Bonchev–Trinajstić information content (AvgIpc) is 3.42. The first-order chi connectivity index (χ1) is 13.7. The van der Waals surface area contributed by atoms with Crippen molar-refractivity contribution >= 4 is 29.9 Å². The molecule has 0 saturated heterocycles. The zero-order chi connectivity index (χ0) is 20.0. The third kappa shape index (κ3) is 5.43. The van der Waals surface area contributed by atoms with E-state index in [1.54, 1.807) is 7.11 Å². The third-order valence-corrected chi connectivity index (χ3v) is 5.47. The highest BCUT2D eigenvalue weighted by molar-refractivity contribution is 14.0. The number of nitrogens with zero attached hydrogens (tertiary/aromatic N) is 2. The number of methoxy groups -OCH3 is 1. The van der Waals surface area contributed by atoms with E-state index >= 15 is 0 Å². The number of benzene rings is 1. The van der Waals surface area contributed by atoms with Gasteiger partial charge in [-0.05, 0) is 32.3 Å². The summed E-state index contributed by atoms with van der Waals surface area (Å²) in [6, 6.07) is 8.32. The van der Waals surface area contributed by atoms with Gasteiger partial charge in [-0.2, -0.15) is 0 Å². The van der Waals surface area contributed by atoms with Crippen LogP contribution in [0.5, 0.6) is 5.75 Å². The predicted octanol–water partition coefficient (Wildman–Crippen LogP) is 4.21. The van der Waals surface area contributed by atoms with Crippen LogP contribution in [0.15, 0.2) is 33.8 Å². The first-order valence-electron chi connectivity index (χ1n) is 10.3. The van der Waals surface area contributed by atoms with Gasteiger partial charge in [0.15, 0.2) is 5.96 Å². The van der Waals surface area contributed by atoms with E-state index in [4.69, 9.17) is 14.3 Å². The molecule has 29 heavy (non-hydrogen) atoms. The van der Waals surface area contributed by atoms with Crippen LogP contribution in [-0.2, 0) is 24.8 Å². The highest BCUT2D eigenvalue weighted by Crippen LogP contribution is 2.50. The highest BCUT2D eigenvalue weighted by Gasteiger charge is 2.46. The molecule has 6 nitrogen and oxygen atoms in total. The van der Waals surface area contributed by atoms with Gasteiger partial charge in [0.25, 0.3) is 0 Å². The second-order valence-corrected chi connectivity index (χ2v) is 7.27. The maximum absolute atomic E-state index is 5.58. The van der Waals surface area contributed by atoms with Crippen LogP contribution in [0, 0.1) is 0 Å². The SMILES string of the molecule is CCNC(=NCc1c(CC)noc1CC)NCC1(c2ccccc2OC)CC1.I. The smallest absolute Gasteiger partial charge is 0.191 e. The van der Waals surface area contributed by atoms with Crippen molar-refractivity contribution in [1.29, 1.82) is 0 Å². The molecular weight excluding hydrogens is 479 g/mol. The largest absolute Gasteiger partial charge is 0.496 e. The van der Waals surface area contributed by atoms with Crippen LogP contribution in [0.4, 0.5) is 0 Å². The van der Waals surface area contributed by atoms with Crippen molar-refractivity contribution in [2.45, 2.75) is 58.4 Å². The minimum Gasteiger partial charge on any atom is -0.496 e. The van der Waals surface area contributed by atoms with Crippen LogP contribution in [0.3, 0.4) is 0 Å². The Morgan fingerprint density at radius 2 is 1.93 bits per heavy atom. The number of rotatable bonds is 9. The van der Waals surface area contributed by atoms with Crippen LogP contribution >= 0.6 is 24.0 Å². The van der Waals surface area contributed by atoms with Crippen molar-refractivity contribution in [2.75, 3.05) is 20.2 Å². The Kier molecular flexibility index (Phi) is 8.79. The molecule has 0 radical (unpaired) electrons. The molecule has 1 aliphatic carbocycles. The van der Waals surface area contributed by atoms with Crippen molar-refractivity contribution in [3.8, 4) is 5.75 Å². The van der Waals surface area contributed by atoms with Gasteiger partial charge >= 0.3 is 0 Å². The molecule has 1 saturated carbocycles. The maximum Gasteiger partial charge on any atom is 0.191 e. The fourth-order valence-corrected chi connectivity index (χ4v) is 3.64. The van der Waals surface area contributed by atoms with E-state index < -0.39 is 0 Å². The van der Waals surface area contributed by atoms with Crippen LogP contribution in [0.2, 0.25) is 0 Å². The molecule has 1 fully saturated rings. The van der Waals surface area contributed by atoms with E-state index in [0.717, 1.165) is 67.5 Å². The molecule has 0 amide bonds. The molecule has 2 aromatic rings.